The van der Waals surface area contributed by atoms with E-state index in [9.17, 15) is 0 Å². The molecule has 0 radical (unpaired) electrons. The van der Waals surface area contributed by atoms with Crippen LogP contribution in [0.4, 0.5) is 0 Å². The van der Waals surface area contributed by atoms with Crippen molar-refractivity contribution in [1.29, 1.82) is 0 Å². The van der Waals surface area contributed by atoms with Crippen molar-refractivity contribution in [2.75, 3.05) is 6.54 Å². The van der Waals surface area contributed by atoms with Gasteiger partial charge in [-0.15, -0.1) is 0 Å². The second-order valence-corrected chi connectivity index (χ2v) is 4.56. The molecule has 0 heterocycles. The van der Waals surface area contributed by atoms with Crippen molar-refractivity contribution in [3.63, 3.8) is 0 Å². The number of aliphatic hydroxyl groups is 1. The maximum atomic E-state index is 9.09. The summed E-state index contributed by atoms with van der Waals surface area (Å²) in [5, 5.41) is 12.6. The first-order valence-electron chi connectivity index (χ1n) is 5.60. The van der Waals surface area contributed by atoms with E-state index >= 15 is 0 Å². The predicted molar refractivity (Wildman–Crippen MR) is 55.7 cm³/mol. The lowest BCUT2D eigenvalue weighted by Gasteiger charge is -2.27. The Morgan fingerprint density at radius 2 is 2.23 bits per heavy atom. The number of hydrogen-bond donors (Lipinski definition) is 2. The Bertz CT molecular complexity index is 136. The van der Waals surface area contributed by atoms with Gasteiger partial charge in [0, 0.05) is 6.04 Å². The van der Waals surface area contributed by atoms with Crippen molar-refractivity contribution in [2.24, 2.45) is 5.92 Å². The Labute approximate surface area is 81.7 Å². The minimum atomic E-state index is -0.159. The molecule has 2 heteroatoms. The van der Waals surface area contributed by atoms with Crippen molar-refractivity contribution in [3.05, 3.63) is 0 Å². The van der Waals surface area contributed by atoms with Crippen molar-refractivity contribution in [3.8, 4) is 0 Å². The zero-order valence-electron chi connectivity index (χ0n) is 8.92. The summed E-state index contributed by atoms with van der Waals surface area (Å²) in [6.45, 7) is 5.16. The Morgan fingerprint density at radius 3 is 2.85 bits per heavy atom. The summed E-state index contributed by atoms with van der Waals surface area (Å²) in [6, 6.07) is 0.711. The first-order valence-corrected chi connectivity index (χ1v) is 5.60. The van der Waals surface area contributed by atoms with Gasteiger partial charge in [-0.1, -0.05) is 19.8 Å². The van der Waals surface area contributed by atoms with Crippen LogP contribution in [0, 0.1) is 5.92 Å². The summed E-state index contributed by atoms with van der Waals surface area (Å²) in [4.78, 5) is 0. The maximum Gasteiger partial charge on any atom is 0.0524 e. The molecule has 2 N–H and O–H groups in total. The van der Waals surface area contributed by atoms with Gasteiger partial charge in [0.1, 0.15) is 0 Å². The molecule has 0 saturated heterocycles. The third-order valence-electron chi connectivity index (χ3n) is 2.93. The summed E-state index contributed by atoms with van der Waals surface area (Å²) < 4.78 is 0. The molecule has 0 aliphatic heterocycles. The highest BCUT2D eigenvalue weighted by atomic mass is 16.3. The Kier molecular flexibility index (Phi) is 4.74. The minimum Gasteiger partial charge on any atom is -0.393 e. The number of rotatable bonds is 4. The molecule has 0 aromatic rings. The second-order valence-electron chi connectivity index (χ2n) is 4.56. The van der Waals surface area contributed by atoms with Gasteiger partial charge >= 0.3 is 0 Å². The topological polar surface area (TPSA) is 32.3 Å². The molecule has 0 aromatic carbocycles. The third-order valence-corrected chi connectivity index (χ3v) is 2.93. The zero-order chi connectivity index (χ0) is 9.68. The van der Waals surface area contributed by atoms with Crippen LogP contribution in [0.3, 0.4) is 0 Å². The molecule has 13 heavy (non-hydrogen) atoms. The van der Waals surface area contributed by atoms with Crippen molar-refractivity contribution >= 4 is 0 Å². The molecule has 1 aliphatic carbocycles. The van der Waals surface area contributed by atoms with Crippen LogP contribution in [0.5, 0.6) is 0 Å². The molecule has 1 fully saturated rings. The van der Waals surface area contributed by atoms with Crippen LogP contribution >= 0.6 is 0 Å². The number of aliphatic hydroxyl groups excluding tert-OH is 1. The van der Waals surface area contributed by atoms with E-state index in [2.05, 4.69) is 12.2 Å². The number of nitrogens with one attached hydrogen (secondary N) is 1. The van der Waals surface area contributed by atoms with Gasteiger partial charge in [-0.2, -0.15) is 0 Å². The van der Waals surface area contributed by atoms with Gasteiger partial charge in [0.25, 0.3) is 0 Å². The van der Waals surface area contributed by atoms with E-state index < -0.39 is 0 Å². The molecule has 0 amide bonds. The fourth-order valence-corrected chi connectivity index (χ4v) is 2.12. The Hall–Kier alpha value is -0.0800. The van der Waals surface area contributed by atoms with Crippen molar-refractivity contribution in [2.45, 2.75) is 58.1 Å². The Balaban J connectivity index is 2.06. The normalized spacial score (nSPS) is 31.6. The Morgan fingerprint density at radius 1 is 1.46 bits per heavy atom. The van der Waals surface area contributed by atoms with E-state index in [1.54, 1.807) is 0 Å². The lowest BCUT2D eigenvalue weighted by Crippen LogP contribution is -2.35. The molecule has 0 spiro atoms. The lowest BCUT2D eigenvalue weighted by atomic mass is 9.87. The van der Waals surface area contributed by atoms with Crippen LogP contribution in [0.25, 0.3) is 0 Å². The van der Waals surface area contributed by atoms with Gasteiger partial charge in [-0.05, 0) is 38.6 Å². The van der Waals surface area contributed by atoms with E-state index in [-0.39, 0.29) is 6.10 Å². The first-order chi connectivity index (χ1) is 6.18. The van der Waals surface area contributed by atoms with Crippen LogP contribution in [0.2, 0.25) is 0 Å². The average molecular weight is 185 g/mol. The highest BCUT2D eigenvalue weighted by Crippen LogP contribution is 2.23. The average Bonchev–Trinajstić information content (AvgIpc) is 2.03. The zero-order valence-corrected chi connectivity index (χ0v) is 8.92. The predicted octanol–water partition coefficient (Wildman–Crippen LogP) is 1.93. The summed E-state index contributed by atoms with van der Waals surface area (Å²) in [5.74, 6) is 0.887. The smallest absolute Gasteiger partial charge is 0.0524 e. The van der Waals surface area contributed by atoms with Crippen molar-refractivity contribution < 1.29 is 5.11 Å². The van der Waals surface area contributed by atoms with Crippen LogP contribution < -0.4 is 5.32 Å². The third kappa shape index (κ3) is 4.63. The molecule has 0 aromatic heterocycles. The van der Waals surface area contributed by atoms with E-state index in [0.717, 1.165) is 18.9 Å². The first kappa shape index (κ1) is 11.0. The standard InChI is InChI=1S/C11H23NO/c1-9-4-3-5-11(8-9)12-7-6-10(2)13/h9-13H,3-8H2,1-2H3/t9-,10+,11-/m0/s1. The fraction of sp³-hybridized carbons (Fsp3) is 1.00. The van der Waals surface area contributed by atoms with Crippen molar-refractivity contribution in [1.82, 2.24) is 5.32 Å². The monoisotopic (exact) mass is 185 g/mol. The minimum absolute atomic E-state index is 0.159. The van der Waals surface area contributed by atoms with Gasteiger partial charge in [-0.25, -0.2) is 0 Å². The molecular formula is C11H23NO. The molecule has 78 valence electrons. The van der Waals surface area contributed by atoms with Gasteiger partial charge in [0.2, 0.25) is 0 Å². The maximum absolute atomic E-state index is 9.09. The second kappa shape index (κ2) is 5.61. The molecule has 0 bridgehead atoms. The lowest BCUT2D eigenvalue weighted by molar-refractivity contribution is 0.179. The summed E-state index contributed by atoms with van der Waals surface area (Å²) >= 11 is 0. The van der Waals surface area contributed by atoms with E-state index in [0.29, 0.717) is 6.04 Å². The molecule has 3 atom stereocenters. The van der Waals surface area contributed by atoms with Gasteiger partial charge < -0.3 is 10.4 Å². The van der Waals surface area contributed by atoms with E-state index in [4.69, 9.17) is 5.11 Å². The summed E-state index contributed by atoms with van der Waals surface area (Å²) in [6.07, 6.45) is 6.13. The molecular weight excluding hydrogens is 162 g/mol. The van der Waals surface area contributed by atoms with E-state index in [1.165, 1.54) is 25.7 Å². The highest BCUT2D eigenvalue weighted by Gasteiger charge is 2.17. The highest BCUT2D eigenvalue weighted by molar-refractivity contribution is 4.75. The molecule has 1 rings (SSSR count). The molecule has 0 unspecified atom stereocenters. The van der Waals surface area contributed by atoms with Gasteiger partial charge in [0.05, 0.1) is 6.10 Å². The van der Waals surface area contributed by atoms with Crippen LogP contribution in [0.1, 0.15) is 46.0 Å². The fourth-order valence-electron chi connectivity index (χ4n) is 2.12. The number of hydrogen-bond acceptors (Lipinski definition) is 2. The van der Waals surface area contributed by atoms with Gasteiger partial charge in [-0.3, -0.25) is 0 Å². The van der Waals surface area contributed by atoms with Crippen LogP contribution in [0.15, 0.2) is 0 Å². The molecule has 2 nitrogen and oxygen atoms in total. The summed E-state index contributed by atoms with van der Waals surface area (Å²) in [5.41, 5.74) is 0. The van der Waals surface area contributed by atoms with Crippen LogP contribution in [-0.4, -0.2) is 23.8 Å². The quantitative estimate of drug-likeness (QED) is 0.701. The molecule has 1 aliphatic rings. The van der Waals surface area contributed by atoms with Gasteiger partial charge in [0.15, 0.2) is 0 Å². The van der Waals surface area contributed by atoms with Crippen LogP contribution in [-0.2, 0) is 0 Å². The SMILES string of the molecule is C[C@H]1CCC[C@H](NCC[C@@H](C)O)C1. The summed E-state index contributed by atoms with van der Waals surface area (Å²) in [7, 11) is 0. The molecule has 1 saturated carbocycles. The largest absolute Gasteiger partial charge is 0.393 e. The van der Waals surface area contributed by atoms with E-state index in [1.807, 2.05) is 6.92 Å².